The average Bonchev–Trinajstić information content (AvgIpc) is 3.42. The quantitative estimate of drug-likeness (QED) is 0.260. The molecule has 0 spiro atoms. The van der Waals surface area contributed by atoms with Crippen LogP contribution in [0.1, 0.15) is 37.5 Å². The maximum absolute atomic E-state index is 4.74. The van der Waals surface area contributed by atoms with E-state index in [1.54, 1.807) is 0 Å². The Kier molecular flexibility index (Phi) is 3.88. The van der Waals surface area contributed by atoms with Gasteiger partial charge in [0.15, 0.2) is 11.5 Å². The number of pyridine rings is 1. The van der Waals surface area contributed by atoms with Crippen molar-refractivity contribution in [3.05, 3.63) is 102 Å². The highest BCUT2D eigenvalue weighted by Crippen LogP contribution is 2.49. The highest BCUT2D eigenvalue weighted by atomic mass is 15.2. The van der Waals surface area contributed by atoms with Crippen molar-refractivity contribution in [1.82, 2.24) is 14.6 Å². The summed E-state index contributed by atoms with van der Waals surface area (Å²) < 4.78 is 2.24. The van der Waals surface area contributed by atoms with Crippen LogP contribution in [0.2, 0.25) is 0 Å². The number of aryl methyl sites for hydroxylation is 1. The maximum Gasteiger partial charge on any atom is 0.169 e. The lowest BCUT2D eigenvalue weighted by Gasteiger charge is -2.21. The van der Waals surface area contributed by atoms with Crippen LogP contribution in [-0.2, 0) is 11.8 Å². The van der Waals surface area contributed by atoms with Crippen LogP contribution in [0, 0.1) is 0 Å². The molecule has 6 aromatic rings. The van der Waals surface area contributed by atoms with Gasteiger partial charge in [0.2, 0.25) is 0 Å². The summed E-state index contributed by atoms with van der Waals surface area (Å²) in [6, 6.07) is 30.9. The van der Waals surface area contributed by atoms with Gasteiger partial charge in [0.05, 0.1) is 5.52 Å². The summed E-state index contributed by atoms with van der Waals surface area (Å²) in [4.78, 5) is 0. The van der Waals surface area contributed by atoms with Crippen molar-refractivity contribution in [3.8, 4) is 22.5 Å². The van der Waals surface area contributed by atoms with E-state index in [0.29, 0.717) is 0 Å². The topological polar surface area (TPSA) is 30.2 Å². The van der Waals surface area contributed by atoms with Gasteiger partial charge >= 0.3 is 0 Å². The van der Waals surface area contributed by atoms with Crippen LogP contribution in [0.5, 0.6) is 0 Å². The first-order valence-corrected chi connectivity index (χ1v) is 12.0. The third kappa shape index (κ3) is 2.47. The molecule has 2 aromatic heterocycles. The van der Waals surface area contributed by atoms with Crippen molar-refractivity contribution in [2.45, 2.75) is 32.6 Å². The molecule has 2 heterocycles. The van der Waals surface area contributed by atoms with Crippen molar-refractivity contribution in [2.24, 2.45) is 0 Å². The van der Waals surface area contributed by atoms with E-state index in [1.807, 2.05) is 0 Å². The number of nitrogens with zero attached hydrogens (tertiary/aromatic N) is 3. The minimum atomic E-state index is -0.0484. The second-order valence-electron chi connectivity index (χ2n) is 9.86. The molecule has 0 saturated heterocycles. The fourth-order valence-electron chi connectivity index (χ4n) is 5.84. The molecular formula is C31H25N3. The van der Waals surface area contributed by atoms with Gasteiger partial charge in [-0.3, -0.25) is 4.40 Å². The molecular weight excluding hydrogens is 414 g/mol. The normalized spacial score (nSPS) is 14.1. The van der Waals surface area contributed by atoms with E-state index in [2.05, 4.69) is 110 Å². The smallest absolute Gasteiger partial charge is 0.169 e. The summed E-state index contributed by atoms with van der Waals surface area (Å²) >= 11 is 0. The summed E-state index contributed by atoms with van der Waals surface area (Å²) in [5.74, 6) is 0.893. The lowest BCUT2D eigenvalue weighted by molar-refractivity contribution is 0.660. The van der Waals surface area contributed by atoms with Gasteiger partial charge in [-0.1, -0.05) is 87.5 Å². The molecule has 0 bridgehead atoms. The first-order chi connectivity index (χ1) is 16.6. The average molecular weight is 440 g/mol. The third-order valence-electron chi connectivity index (χ3n) is 7.67. The van der Waals surface area contributed by atoms with E-state index in [-0.39, 0.29) is 5.41 Å². The standard InChI is InChI=1S/C31H25N3/c1-4-19-13-16-28-25(17-19)21-9-5-6-11-24(21)30-33-32-29(34(28)30)20-14-15-23-22-10-7-8-12-26(22)31(2,3)27(23)18-20/h5-18H,4H2,1-3H3. The lowest BCUT2D eigenvalue weighted by atomic mass is 9.82. The molecule has 1 aliphatic carbocycles. The van der Waals surface area contributed by atoms with E-state index in [9.17, 15) is 0 Å². The van der Waals surface area contributed by atoms with Gasteiger partial charge in [0, 0.05) is 21.8 Å². The summed E-state index contributed by atoms with van der Waals surface area (Å²) in [6.07, 6.45) is 1.01. The zero-order valence-electron chi connectivity index (χ0n) is 19.6. The Hall–Kier alpha value is -3.98. The fourth-order valence-corrected chi connectivity index (χ4v) is 5.84. The molecule has 4 aromatic carbocycles. The third-order valence-corrected chi connectivity index (χ3v) is 7.67. The van der Waals surface area contributed by atoms with Crippen LogP contribution in [0.3, 0.4) is 0 Å². The molecule has 0 unspecified atom stereocenters. The monoisotopic (exact) mass is 439 g/mol. The molecule has 0 aliphatic heterocycles. The number of aromatic nitrogens is 3. The summed E-state index contributed by atoms with van der Waals surface area (Å²) in [5, 5.41) is 13.1. The van der Waals surface area contributed by atoms with Crippen molar-refractivity contribution >= 4 is 27.3 Å². The Morgan fingerprint density at radius 2 is 1.47 bits per heavy atom. The Labute approximate surface area is 198 Å². The fraction of sp³-hybridized carbons (Fsp3) is 0.161. The number of hydrogen-bond donors (Lipinski definition) is 0. The second kappa shape index (κ2) is 6.77. The molecule has 0 fully saturated rings. The first-order valence-electron chi connectivity index (χ1n) is 12.0. The minimum absolute atomic E-state index is 0.0484. The van der Waals surface area contributed by atoms with Gasteiger partial charge in [-0.15, -0.1) is 10.2 Å². The van der Waals surface area contributed by atoms with Crippen LogP contribution in [-0.4, -0.2) is 14.6 Å². The number of rotatable bonds is 2. The van der Waals surface area contributed by atoms with Gasteiger partial charge in [0.1, 0.15) is 0 Å². The van der Waals surface area contributed by atoms with Gasteiger partial charge < -0.3 is 0 Å². The summed E-state index contributed by atoms with van der Waals surface area (Å²) in [6.45, 7) is 6.84. The zero-order chi connectivity index (χ0) is 23.0. The molecule has 164 valence electrons. The minimum Gasteiger partial charge on any atom is -0.274 e. The van der Waals surface area contributed by atoms with Crippen molar-refractivity contribution in [2.75, 3.05) is 0 Å². The van der Waals surface area contributed by atoms with E-state index in [4.69, 9.17) is 10.2 Å². The molecule has 7 rings (SSSR count). The van der Waals surface area contributed by atoms with Gasteiger partial charge in [0.25, 0.3) is 0 Å². The molecule has 3 nitrogen and oxygen atoms in total. The van der Waals surface area contributed by atoms with Crippen LogP contribution in [0.15, 0.2) is 84.9 Å². The largest absolute Gasteiger partial charge is 0.274 e. The highest BCUT2D eigenvalue weighted by molar-refractivity contribution is 6.12. The van der Waals surface area contributed by atoms with Crippen LogP contribution in [0.4, 0.5) is 0 Å². The SMILES string of the molecule is CCc1ccc2c(c1)c1ccccc1c1nnc(-c3ccc4c(c3)C(C)(C)c3ccccc3-4)n21. The van der Waals surface area contributed by atoms with Crippen molar-refractivity contribution < 1.29 is 0 Å². The van der Waals surface area contributed by atoms with E-state index < -0.39 is 0 Å². The Bertz CT molecular complexity index is 1770. The molecule has 3 heteroatoms. The van der Waals surface area contributed by atoms with Crippen LogP contribution >= 0.6 is 0 Å². The van der Waals surface area contributed by atoms with Gasteiger partial charge in [-0.2, -0.15) is 0 Å². The molecule has 0 atom stereocenters. The molecule has 0 saturated carbocycles. The summed E-state index contributed by atoms with van der Waals surface area (Å²) in [7, 11) is 0. The van der Waals surface area contributed by atoms with E-state index >= 15 is 0 Å². The predicted molar refractivity (Wildman–Crippen MR) is 140 cm³/mol. The Morgan fingerprint density at radius 3 is 2.32 bits per heavy atom. The second-order valence-corrected chi connectivity index (χ2v) is 9.86. The van der Waals surface area contributed by atoms with Gasteiger partial charge in [-0.05, 0) is 57.8 Å². The summed E-state index contributed by atoms with van der Waals surface area (Å²) in [5.41, 5.74) is 9.84. The maximum atomic E-state index is 4.74. The Morgan fingerprint density at radius 1 is 0.706 bits per heavy atom. The highest BCUT2D eigenvalue weighted by Gasteiger charge is 2.35. The number of benzene rings is 4. The lowest BCUT2D eigenvalue weighted by Crippen LogP contribution is -2.15. The Balaban J connectivity index is 1.54. The van der Waals surface area contributed by atoms with E-state index in [1.165, 1.54) is 38.6 Å². The van der Waals surface area contributed by atoms with Gasteiger partial charge in [-0.25, -0.2) is 0 Å². The molecule has 0 N–H and O–H groups in total. The number of hydrogen-bond acceptors (Lipinski definition) is 2. The molecule has 1 aliphatic rings. The van der Waals surface area contributed by atoms with Crippen molar-refractivity contribution in [3.63, 3.8) is 0 Å². The van der Waals surface area contributed by atoms with E-state index in [0.717, 1.165) is 34.4 Å². The molecule has 0 amide bonds. The molecule has 34 heavy (non-hydrogen) atoms. The zero-order valence-corrected chi connectivity index (χ0v) is 19.6. The van der Waals surface area contributed by atoms with Crippen LogP contribution in [0.25, 0.3) is 49.8 Å². The first kappa shape index (κ1) is 19.5. The van der Waals surface area contributed by atoms with Crippen LogP contribution < -0.4 is 0 Å². The van der Waals surface area contributed by atoms with Crippen molar-refractivity contribution in [1.29, 1.82) is 0 Å². The molecule has 0 radical (unpaired) electrons. The number of fused-ring (bicyclic) bond motifs is 9. The predicted octanol–water partition coefficient (Wildman–Crippen LogP) is 7.57.